The first-order valence-electron chi connectivity index (χ1n) is 10.2. The summed E-state index contributed by atoms with van der Waals surface area (Å²) in [5, 5.41) is 0. The van der Waals surface area contributed by atoms with Crippen molar-refractivity contribution in [2.24, 2.45) is 11.3 Å². The Morgan fingerprint density at radius 2 is 1.92 bits per heavy atom. The molecule has 0 bridgehead atoms. The Balaban J connectivity index is 1.87. The number of aromatic nitrogens is 2. The highest BCUT2D eigenvalue weighted by molar-refractivity contribution is 4.95. The van der Waals surface area contributed by atoms with E-state index in [1.54, 1.807) is 0 Å². The molecule has 0 amide bonds. The fourth-order valence-corrected chi connectivity index (χ4v) is 4.31. The van der Waals surface area contributed by atoms with Crippen molar-refractivity contribution in [2.75, 3.05) is 13.7 Å². The van der Waals surface area contributed by atoms with Gasteiger partial charge >= 0.3 is 0 Å². The van der Waals surface area contributed by atoms with Crippen LogP contribution in [0.4, 0.5) is 0 Å². The number of hydrogen-bond acceptors (Lipinski definition) is 3. The van der Waals surface area contributed by atoms with E-state index in [1.165, 1.54) is 38.5 Å². The van der Waals surface area contributed by atoms with E-state index in [1.807, 2.05) is 25.8 Å². The average Bonchev–Trinajstić information content (AvgIpc) is 3.09. The quantitative estimate of drug-likeness (QED) is 0.522. The van der Waals surface area contributed by atoms with Crippen LogP contribution in [0.5, 0.6) is 0 Å². The smallest absolute Gasteiger partial charge is 0.0946 e. The van der Waals surface area contributed by atoms with E-state index in [2.05, 4.69) is 30.3 Å². The zero-order valence-electron chi connectivity index (χ0n) is 16.7. The monoisotopic (exact) mass is 350 g/mol. The van der Waals surface area contributed by atoms with Crippen LogP contribution in [0.25, 0.3) is 0 Å². The third kappa shape index (κ3) is 6.10. The number of rotatable bonds is 11. The lowest BCUT2D eigenvalue weighted by Crippen LogP contribution is -2.50. The highest BCUT2D eigenvalue weighted by atomic mass is 16.5. The summed E-state index contributed by atoms with van der Waals surface area (Å²) in [4.78, 5) is 4.19. The van der Waals surface area contributed by atoms with Crippen molar-refractivity contribution in [3.63, 3.8) is 0 Å². The molecular formula is C21H38N2O2. The molecule has 2 rings (SSSR count). The second-order valence-electron chi connectivity index (χ2n) is 8.28. The van der Waals surface area contributed by atoms with Crippen LogP contribution in [0.3, 0.4) is 0 Å². The van der Waals surface area contributed by atoms with Crippen molar-refractivity contribution in [3.05, 3.63) is 18.7 Å². The van der Waals surface area contributed by atoms with E-state index in [9.17, 15) is 0 Å². The van der Waals surface area contributed by atoms with Crippen molar-refractivity contribution >= 4 is 0 Å². The summed E-state index contributed by atoms with van der Waals surface area (Å²) in [6, 6.07) is 0. The molecule has 0 N–H and O–H groups in total. The van der Waals surface area contributed by atoms with E-state index in [0.717, 1.165) is 26.0 Å². The third-order valence-corrected chi connectivity index (χ3v) is 5.77. The summed E-state index contributed by atoms with van der Waals surface area (Å²) in [6.07, 6.45) is 16.4. The molecule has 0 aliphatic heterocycles. The first kappa shape index (κ1) is 20.4. The Hall–Kier alpha value is -0.870. The van der Waals surface area contributed by atoms with Crippen LogP contribution in [0.2, 0.25) is 0 Å². The minimum Gasteiger partial charge on any atom is -0.380 e. The third-order valence-electron chi connectivity index (χ3n) is 5.77. The molecule has 4 heteroatoms. The first-order chi connectivity index (χ1) is 12.1. The molecule has 0 aromatic carbocycles. The van der Waals surface area contributed by atoms with Gasteiger partial charge in [0.1, 0.15) is 0 Å². The second-order valence-corrected chi connectivity index (χ2v) is 8.28. The topological polar surface area (TPSA) is 36.3 Å². The molecule has 1 heterocycles. The summed E-state index contributed by atoms with van der Waals surface area (Å²) < 4.78 is 14.5. The highest BCUT2D eigenvalue weighted by Gasteiger charge is 2.44. The molecule has 4 nitrogen and oxygen atoms in total. The van der Waals surface area contributed by atoms with Crippen LogP contribution in [0, 0.1) is 11.3 Å². The molecule has 25 heavy (non-hydrogen) atoms. The van der Waals surface area contributed by atoms with Gasteiger partial charge in [0, 0.05) is 38.6 Å². The molecular weight excluding hydrogens is 312 g/mol. The number of ether oxygens (including phenoxy) is 2. The SMILES string of the molecule is CCCCCCCCO[C@@H]1CCC(C)(C)[C@H](OC)[C@@H]1Cn1ccnc1. The van der Waals surface area contributed by atoms with Gasteiger partial charge in [-0.1, -0.05) is 52.9 Å². The molecule has 0 unspecified atom stereocenters. The molecule has 0 radical (unpaired) electrons. The van der Waals surface area contributed by atoms with E-state index in [4.69, 9.17) is 9.47 Å². The fraction of sp³-hybridized carbons (Fsp3) is 0.857. The Bertz CT molecular complexity index is 458. The zero-order chi connectivity index (χ0) is 18.1. The van der Waals surface area contributed by atoms with Crippen LogP contribution >= 0.6 is 0 Å². The predicted octanol–water partition coefficient (Wildman–Crippen LogP) is 5.08. The van der Waals surface area contributed by atoms with Gasteiger partial charge < -0.3 is 14.0 Å². The summed E-state index contributed by atoms with van der Waals surface area (Å²) in [5.41, 5.74) is 0.194. The van der Waals surface area contributed by atoms with Gasteiger partial charge in [-0.25, -0.2) is 4.98 Å². The summed E-state index contributed by atoms with van der Waals surface area (Å²) in [7, 11) is 1.85. The maximum atomic E-state index is 6.36. The predicted molar refractivity (Wildman–Crippen MR) is 103 cm³/mol. The van der Waals surface area contributed by atoms with E-state index >= 15 is 0 Å². The van der Waals surface area contributed by atoms with Gasteiger partial charge in [-0.15, -0.1) is 0 Å². The number of imidazole rings is 1. The number of methoxy groups -OCH3 is 1. The van der Waals surface area contributed by atoms with E-state index in [-0.39, 0.29) is 17.6 Å². The molecule has 1 aromatic rings. The average molecular weight is 351 g/mol. The highest BCUT2D eigenvalue weighted by Crippen LogP contribution is 2.42. The van der Waals surface area contributed by atoms with Gasteiger partial charge in [-0.05, 0) is 24.7 Å². The molecule has 1 saturated carbocycles. The van der Waals surface area contributed by atoms with Crippen molar-refractivity contribution in [1.29, 1.82) is 0 Å². The largest absolute Gasteiger partial charge is 0.380 e. The second kappa shape index (κ2) is 10.3. The standard InChI is InChI=1S/C21H38N2O2/c1-5-6-7-8-9-10-15-25-19-11-12-21(2,3)20(24-4)18(19)16-23-14-13-22-17-23/h13-14,17-20H,5-12,15-16H2,1-4H3/t18-,19-,20-/m1/s1. The molecule has 1 fully saturated rings. The van der Waals surface area contributed by atoms with Crippen LogP contribution in [0.1, 0.15) is 72.1 Å². The van der Waals surface area contributed by atoms with Crippen LogP contribution < -0.4 is 0 Å². The molecule has 144 valence electrons. The van der Waals surface area contributed by atoms with Crippen LogP contribution in [-0.4, -0.2) is 35.5 Å². The van der Waals surface area contributed by atoms with Crippen molar-refractivity contribution < 1.29 is 9.47 Å². The minimum absolute atomic E-state index is 0.194. The molecule has 3 atom stereocenters. The van der Waals surface area contributed by atoms with E-state index < -0.39 is 0 Å². The van der Waals surface area contributed by atoms with Crippen molar-refractivity contribution in [3.8, 4) is 0 Å². The Morgan fingerprint density at radius 3 is 2.60 bits per heavy atom. The number of hydrogen-bond donors (Lipinski definition) is 0. The number of nitrogens with zero attached hydrogens (tertiary/aromatic N) is 2. The summed E-state index contributed by atoms with van der Waals surface area (Å²) in [6.45, 7) is 8.72. The molecule has 0 saturated heterocycles. The molecule has 1 aromatic heterocycles. The van der Waals surface area contributed by atoms with Gasteiger partial charge in [-0.3, -0.25) is 0 Å². The normalized spacial score (nSPS) is 26.0. The maximum Gasteiger partial charge on any atom is 0.0946 e. The van der Waals surface area contributed by atoms with E-state index in [0.29, 0.717) is 5.92 Å². The van der Waals surface area contributed by atoms with Gasteiger partial charge in [0.15, 0.2) is 0 Å². The number of unbranched alkanes of at least 4 members (excludes halogenated alkanes) is 5. The first-order valence-corrected chi connectivity index (χ1v) is 10.2. The molecule has 0 spiro atoms. The summed E-state index contributed by atoms with van der Waals surface area (Å²) in [5.74, 6) is 0.378. The fourth-order valence-electron chi connectivity index (χ4n) is 4.31. The Labute approximate surface area is 154 Å². The van der Waals surface area contributed by atoms with Gasteiger partial charge in [0.25, 0.3) is 0 Å². The van der Waals surface area contributed by atoms with Crippen molar-refractivity contribution in [2.45, 2.75) is 90.9 Å². The maximum absolute atomic E-state index is 6.36. The van der Waals surface area contributed by atoms with Crippen LogP contribution in [0.15, 0.2) is 18.7 Å². The zero-order valence-corrected chi connectivity index (χ0v) is 16.7. The minimum atomic E-state index is 0.194. The molecule has 1 aliphatic carbocycles. The van der Waals surface area contributed by atoms with Crippen molar-refractivity contribution in [1.82, 2.24) is 9.55 Å². The Morgan fingerprint density at radius 1 is 1.16 bits per heavy atom. The van der Waals surface area contributed by atoms with Crippen LogP contribution in [-0.2, 0) is 16.0 Å². The molecule has 1 aliphatic rings. The lowest BCUT2D eigenvalue weighted by molar-refractivity contribution is -0.135. The lowest BCUT2D eigenvalue weighted by Gasteiger charge is -2.47. The van der Waals surface area contributed by atoms with Gasteiger partial charge in [0.2, 0.25) is 0 Å². The Kier molecular flexibility index (Phi) is 8.44. The lowest BCUT2D eigenvalue weighted by atomic mass is 9.68. The van der Waals surface area contributed by atoms with Gasteiger partial charge in [0.05, 0.1) is 18.5 Å². The van der Waals surface area contributed by atoms with Gasteiger partial charge in [-0.2, -0.15) is 0 Å². The summed E-state index contributed by atoms with van der Waals surface area (Å²) >= 11 is 0.